The lowest BCUT2D eigenvalue weighted by Gasteiger charge is -2.47. The quantitative estimate of drug-likeness (QED) is 0.803. The van der Waals surface area contributed by atoms with E-state index in [9.17, 15) is 9.65 Å². The summed E-state index contributed by atoms with van der Waals surface area (Å²) in [5.74, 6) is -0.474. The molecule has 3 atom stereocenters. The first-order chi connectivity index (χ1) is 13.1. The lowest BCUT2D eigenvalue weighted by Crippen LogP contribution is -2.59. The number of nitrogens with zero attached hydrogens (tertiary/aromatic N) is 7. The highest BCUT2D eigenvalue weighted by atomic mass is 19.1. The van der Waals surface area contributed by atoms with Crippen molar-refractivity contribution >= 4 is 0 Å². The van der Waals surface area contributed by atoms with Crippen LogP contribution in [0.25, 0.3) is 0 Å². The number of hydrogen-bond acceptors (Lipinski definition) is 7. The van der Waals surface area contributed by atoms with Gasteiger partial charge in [-0.15, -0.1) is 5.10 Å². The van der Waals surface area contributed by atoms with Gasteiger partial charge in [-0.1, -0.05) is 6.07 Å². The maximum Gasteiger partial charge on any atom is 0.141 e. The second-order valence-electron chi connectivity index (χ2n) is 7.14. The van der Waals surface area contributed by atoms with Gasteiger partial charge in [0.05, 0.1) is 18.3 Å². The van der Waals surface area contributed by atoms with Crippen molar-refractivity contribution in [1.82, 2.24) is 30.0 Å². The molecule has 9 heteroatoms. The highest BCUT2D eigenvalue weighted by Crippen LogP contribution is 2.31. The molecule has 2 aromatic rings. The molecule has 1 unspecified atom stereocenters. The third-order valence-corrected chi connectivity index (χ3v) is 5.72. The van der Waals surface area contributed by atoms with Gasteiger partial charge in [0, 0.05) is 32.2 Å². The molecule has 2 aliphatic heterocycles. The predicted octanol–water partition coefficient (Wildman–Crippen LogP) is 1.27. The normalized spacial score (nSPS) is 25.0. The second-order valence-corrected chi connectivity index (χ2v) is 7.14. The first kappa shape index (κ1) is 18.0. The van der Waals surface area contributed by atoms with Crippen molar-refractivity contribution in [1.29, 1.82) is 5.26 Å². The molecule has 2 saturated heterocycles. The first-order valence-electron chi connectivity index (χ1n) is 9.09. The summed E-state index contributed by atoms with van der Waals surface area (Å²) >= 11 is 0. The number of ether oxygens (including phenoxy) is 1. The zero-order valence-electron chi connectivity index (χ0n) is 15.4. The Morgan fingerprint density at radius 1 is 1.33 bits per heavy atom. The molecule has 4 rings (SSSR count). The Bertz CT molecular complexity index is 850. The monoisotopic (exact) mass is 371 g/mol. The zero-order chi connectivity index (χ0) is 19.0. The van der Waals surface area contributed by atoms with Crippen LogP contribution in [0.15, 0.2) is 18.5 Å². The van der Waals surface area contributed by atoms with Gasteiger partial charge >= 0.3 is 0 Å². The number of fused-ring (bicyclic) bond motifs is 1. The van der Waals surface area contributed by atoms with Gasteiger partial charge < -0.3 is 4.74 Å². The van der Waals surface area contributed by atoms with Gasteiger partial charge in [-0.3, -0.25) is 9.80 Å². The van der Waals surface area contributed by atoms with Crippen molar-refractivity contribution in [2.45, 2.75) is 32.2 Å². The van der Waals surface area contributed by atoms with Crippen molar-refractivity contribution in [2.24, 2.45) is 0 Å². The van der Waals surface area contributed by atoms with Crippen LogP contribution in [0.5, 0.6) is 0 Å². The highest BCUT2D eigenvalue weighted by Gasteiger charge is 2.36. The van der Waals surface area contributed by atoms with Gasteiger partial charge in [0.25, 0.3) is 0 Å². The Balaban J connectivity index is 1.45. The summed E-state index contributed by atoms with van der Waals surface area (Å²) in [6.07, 6.45) is 1.59. The topological polar surface area (TPSA) is 83.1 Å². The van der Waals surface area contributed by atoms with Crippen molar-refractivity contribution in [3.05, 3.63) is 41.0 Å². The minimum absolute atomic E-state index is 0.0948. The summed E-state index contributed by atoms with van der Waals surface area (Å²) in [6, 6.07) is 5.36. The maximum atomic E-state index is 13.8. The number of halogens is 1. The number of rotatable bonds is 3. The molecule has 0 spiro atoms. The summed E-state index contributed by atoms with van der Waals surface area (Å²) < 4.78 is 21.7. The third-order valence-electron chi connectivity index (χ3n) is 5.72. The lowest BCUT2D eigenvalue weighted by molar-refractivity contribution is -0.0998. The fourth-order valence-electron chi connectivity index (χ4n) is 4.02. The molecular weight excluding hydrogens is 349 g/mol. The standard InChI is InChI=1S/C18H22FN7O/c1-12-15(3-4-17(19)16(12)7-20)18-9-25-6-5-24(8-14(25)10-27-18)13(2)26-11-21-22-23-26/h3-4,11,13-14,18H,5-6,8-10H2,1-2H3/t13?,14-,18-/m0/s1. The molecule has 3 heterocycles. The van der Waals surface area contributed by atoms with Crippen LogP contribution in [-0.2, 0) is 4.74 Å². The molecule has 1 aromatic heterocycles. The Morgan fingerprint density at radius 2 is 2.19 bits per heavy atom. The Hall–Kier alpha value is -2.41. The molecule has 8 nitrogen and oxygen atoms in total. The zero-order valence-corrected chi connectivity index (χ0v) is 15.4. The molecule has 1 aromatic carbocycles. The first-order valence-corrected chi connectivity index (χ1v) is 9.09. The molecule has 27 heavy (non-hydrogen) atoms. The summed E-state index contributed by atoms with van der Waals surface area (Å²) in [5, 5.41) is 20.6. The highest BCUT2D eigenvalue weighted by molar-refractivity contribution is 5.44. The molecule has 2 fully saturated rings. The van der Waals surface area contributed by atoms with E-state index in [4.69, 9.17) is 4.74 Å². The van der Waals surface area contributed by atoms with E-state index in [1.165, 1.54) is 6.07 Å². The smallest absolute Gasteiger partial charge is 0.141 e. The van der Waals surface area contributed by atoms with Crippen molar-refractivity contribution in [3.8, 4) is 6.07 Å². The van der Waals surface area contributed by atoms with Crippen LogP contribution in [0, 0.1) is 24.1 Å². The second kappa shape index (κ2) is 7.31. The van der Waals surface area contributed by atoms with E-state index in [0.717, 1.165) is 31.7 Å². The van der Waals surface area contributed by atoms with E-state index in [1.54, 1.807) is 24.0 Å². The van der Waals surface area contributed by atoms with Gasteiger partial charge in [0.2, 0.25) is 0 Å². The molecule has 0 saturated carbocycles. The van der Waals surface area contributed by atoms with Crippen LogP contribution in [0.2, 0.25) is 0 Å². The van der Waals surface area contributed by atoms with E-state index in [1.807, 2.05) is 6.07 Å². The van der Waals surface area contributed by atoms with Crippen molar-refractivity contribution in [2.75, 3.05) is 32.8 Å². The molecule has 2 aliphatic rings. The molecule has 0 aliphatic carbocycles. The van der Waals surface area contributed by atoms with Gasteiger partial charge in [-0.05, 0) is 41.5 Å². The van der Waals surface area contributed by atoms with Crippen molar-refractivity contribution < 1.29 is 9.13 Å². The number of aromatic nitrogens is 4. The number of hydrogen-bond donors (Lipinski definition) is 0. The molecule has 0 bridgehead atoms. The molecule has 0 N–H and O–H groups in total. The molecule has 0 radical (unpaired) electrons. The number of morpholine rings is 1. The summed E-state index contributed by atoms with van der Waals surface area (Å²) in [4.78, 5) is 4.77. The Kier molecular flexibility index (Phi) is 4.86. The van der Waals surface area contributed by atoms with E-state index >= 15 is 0 Å². The van der Waals surface area contributed by atoms with E-state index < -0.39 is 5.82 Å². The predicted molar refractivity (Wildman–Crippen MR) is 94.0 cm³/mol. The SMILES string of the molecule is Cc1c([C@@H]2CN3CCN(C(C)n4cnnn4)C[C@H]3CO2)ccc(F)c1C#N. The number of benzene rings is 1. The van der Waals surface area contributed by atoms with Crippen LogP contribution in [0.3, 0.4) is 0 Å². The van der Waals surface area contributed by atoms with Gasteiger partial charge in [0.15, 0.2) is 0 Å². The van der Waals surface area contributed by atoms with Gasteiger partial charge in [-0.2, -0.15) is 5.26 Å². The van der Waals surface area contributed by atoms with E-state index in [2.05, 4.69) is 32.2 Å². The Morgan fingerprint density at radius 3 is 2.93 bits per heavy atom. The average molecular weight is 371 g/mol. The molecule has 142 valence electrons. The van der Waals surface area contributed by atoms with Crippen LogP contribution < -0.4 is 0 Å². The van der Waals surface area contributed by atoms with Gasteiger partial charge in [0.1, 0.15) is 24.4 Å². The molecule has 0 amide bonds. The summed E-state index contributed by atoms with van der Waals surface area (Å²) in [6.45, 7) is 7.93. The van der Waals surface area contributed by atoms with Crippen LogP contribution in [-0.4, -0.2) is 68.8 Å². The fourth-order valence-corrected chi connectivity index (χ4v) is 4.02. The van der Waals surface area contributed by atoms with Gasteiger partial charge in [-0.25, -0.2) is 9.07 Å². The van der Waals surface area contributed by atoms with Crippen LogP contribution in [0.1, 0.15) is 35.9 Å². The molecular formula is C18H22FN7O. The number of piperazine rings is 1. The van der Waals surface area contributed by atoms with E-state index in [-0.39, 0.29) is 17.8 Å². The largest absolute Gasteiger partial charge is 0.370 e. The lowest BCUT2D eigenvalue weighted by atomic mass is 9.96. The average Bonchev–Trinajstić information content (AvgIpc) is 3.22. The van der Waals surface area contributed by atoms with E-state index in [0.29, 0.717) is 18.2 Å². The minimum atomic E-state index is -0.474. The maximum absolute atomic E-state index is 13.8. The fraction of sp³-hybridized carbons (Fsp3) is 0.556. The number of nitriles is 1. The summed E-state index contributed by atoms with van der Waals surface area (Å²) in [7, 11) is 0. The minimum Gasteiger partial charge on any atom is -0.370 e. The third kappa shape index (κ3) is 3.32. The van der Waals surface area contributed by atoms with Crippen LogP contribution >= 0.6 is 0 Å². The van der Waals surface area contributed by atoms with Crippen LogP contribution in [0.4, 0.5) is 4.39 Å². The number of tetrazole rings is 1. The Labute approximate surface area is 157 Å². The summed E-state index contributed by atoms with van der Waals surface area (Å²) in [5.41, 5.74) is 1.68. The van der Waals surface area contributed by atoms with Crippen molar-refractivity contribution in [3.63, 3.8) is 0 Å².